The molecule has 4 heteroatoms. The summed E-state index contributed by atoms with van der Waals surface area (Å²) in [5, 5.41) is 2.11. The Morgan fingerprint density at radius 1 is 0.390 bits per heavy atom. The van der Waals surface area contributed by atoms with Gasteiger partial charge in [-0.25, -0.2) is 15.0 Å². The summed E-state index contributed by atoms with van der Waals surface area (Å²) in [5.74, 6) is 4.41. The van der Waals surface area contributed by atoms with Crippen molar-refractivity contribution in [2.75, 3.05) is 0 Å². The summed E-state index contributed by atoms with van der Waals surface area (Å²) in [6, 6.07) is 60.5. The molecule has 0 aliphatic heterocycles. The van der Waals surface area contributed by atoms with E-state index in [4.69, 9.17) is 19.4 Å². The Bertz CT molecular complexity index is 2990. The Labute approximate surface area is 344 Å². The molecule has 9 aromatic rings. The van der Waals surface area contributed by atoms with Crippen LogP contribution in [-0.4, -0.2) is 15.0 Å². The molecule has 59 heavy (non-hydrogen) atoms. The Kier molecular flexibility index (Phi) is 8.01. The van der Waals surface area contributed by atoms with Gasteiger partial charge in [-0.3, -0.25) is 0 Å². The van der Waals surface area contributed by atoms with Crippen molar-refractivity contribution in [3.05, 3.63) is 175 Å². The Hall–Kier alpha value is -6.65. The SMILES string of the molecule is c1ccc(-c2cccc(-c3nc(-c4cc(-c5ccccc5)cc(C56CC7CC(CC(C7)C5)C6)c4)nc(-c4cc(-c5ccccc5)cc5c4oc4ccccc45)n3)c2)cc1. The van der Waals surface area contributed by atoms with E-state index < -0.39 is 0 Å². The second-order valence-corrected chi connectivity index (χ2v) is 17.5. The average molecular weight is 762 g/mol. The van der Waals surface area contributed by atoms with E-state index in [9.17, 15) is 0 Å². The Morgan fingerprint density at radius 2 is 0.881 bits per heavy atom. The molecule has 7 aromatic carbocycles. The fourth-order valence-electron chi connectivity index (χ4n) is 11.3. The maximum absolute atomic E-state index is 6.73. The lowest BCUT2D eigenvalue weighted by Gasteiger charge is -2.57. The van der Waals surface area contributed by atoms with Crippen LogP contribution in [0.1, 0.15) is 44.1 Å². The van der Waals surface area contributed by atoms with Crippen LogP contribution < -0.4 is 0 Å². The van der Waals surface area contributed by atoms with Crippen molar-refractivity contribution in [2.45, 2.75) is 43.9 Å². The smallest absolute Gasteiger partial charge is 0.167 e. The van der Waals surface area contributed by atoms with Crippen molar-refractivity contribution < 1.29 is 4.42 Å². The summed E-state index contributed by atoms with van der Waals surface area (Å²) in [6.45, 7) is 0. The van der Waals surface area contributed by atoms with Crippen LogP contribution in [0.3, 0.4) is 0 Å². The number of hydrogen-bond acceptors (Lipinski definition) is 4. The van der Waals surface area contributed by atoms with Crippen LogP contribution in [-0.2, 0) is 5.41 Å². The van der Waals surface area contributed by atoms with Gasteiger partial charge in [-0.05, 0) is 137 Å². The normalized spacial score (nSPS) is 20.7. The maximum Gasteiger partial charge on any atom is 0.167 e. The van der Waals surface area contributed by atoms with Gasteiger partial charge in [0.1, 0.15) is 11.2 Å². The van der Waals surface area contributed by atoms with Crippen LogP contribution in [0.2, 0.25) is 0 Å². The molecule has 0 amide bonds. The quantitative estimate of drug-likeness (QED) is 0.162. The molecule has 0 spiro atoms. The highest BCUT2D eigenvalue weighted by molar-refractivity contribution is 6.11. The topological polar surface area (TPSA) is 51.8 Å². The number of rotatable bonds is 7. The zero-order valence-electron chi connectivity index (χ0n) is 32.9. The molecule has 4 aliphatic rings. The van der Waals surface area contributed by atoms with Crippen LogP contribution in [0, 0.1) is 17.8 Å². The molecule has 284 valence electrons. The number of para-hydroxylation sites is 1. The number of hydrogen-bond donors (Lipinski definition) is 0. The van der Waals surface area contributed by atoms with Gasteiger partial charge in [0.05, 0.1) is 5.56 Å². The van der Waals surface area contributed by atoms with Gasteiger partial charge in [0, 0.05) is 21.9 Å². The lowest BCUT2D eigenvalue weighted by atomic mass is 9.48. The van der Waals surface area contributed by atoms with E-state index in [1.807, 2.05) is 12.1 Å². The number of furan rings is 1. The van der Waals surface area contributed by atoms with Crippen molar-refractivity contribution in [1.82, 2.24) is 15.0 Å². The molecular formula is C55H43N3O. The van der Waals surface area contributed by atoms with Crippen LogP contribution in [0.4, 0.5) is 0 Å². The third-order valence-electron chi connectivity index (χ3n) is 13.6. The van der Waals surface area contributed by atoms with E-state index in [2.05, 4.69) is 158 Å². The fourth-order valence-corrected chi connectivity index (χ4v) is 11.3. The summed E-state index contributed by atoms with van der Waals surface area (Å²) < 4.78 is 6.73. The first-order chi connectivity index (χ1) is 29.1. The van der Waals surface area contributed by atoms with Gasteiger partial charge >= 0.3 is 0 Å². The van der Waals surface area contributed by atoms with E-state index in [-0.39, 0.29) is 5.41 Å². The van der Waals surface area contributed by atoms with E-state index in [0.29, 0.717) is 17.5 Å². The van der Waals surface area contributed by atoms with Gasteiger partial charge in [0.2, 0.25) is 0 Å². The van der Waals surface area contributed by atoms with E-state index in [0.717, 1.165) is 78.6 Å². The average Bonchev–Trinajstić information content (AvgIpc) is 3.68. The number of fused-ring (bicyclic) bond motifs is 3. The second kappa shape index (κ2) is 13.7. The van der Waals surface area contributed by atoms with Gasteiger partial charge < -0.3 is 4.42 Å². The molecule has 4 bridgehead atoms. The predicted octanol–water partition coefficient (Wildman–Crippen LogP) is 14.2. The molecule has 13 rings (SSSR count). The van der Waals surface area contributed by atoms with E-state index in [1.54, 1.807) is 0 Å². The molecule has 0 saturated heterocycles. The van der Waals surface area contributed by atoms with Crippen LogP contribution in [0.25, 0.3) is 89.5 Å². The van der Waals surface area contributed by atoms with Crippen molar-refractivity contribution in [1.29, 1.82) is 0 Å². The van der Waals surface area contributed by atoms with Crippen LogP contribution in [0.15, 0.2) is 174 Å². The monoisotopic (exact) mass is 761 g/mol. The lowest BCUT2D eigenvalue weighted by molar-refractivity contribution is -0.00515. The van der Waals surface area contributed by atoms with Crippen molar-refractivity contribution in [2.24, 2.45) is 17.8 Å². The molecule has 0 unspecified atom stereocenters. The second-order valence-electron chi connectivity index (χ2n) is 17.5. The summed E-state index contributed by atoms with van der Waals surface area (Å²) in [7, 11) is 0. The van der Waals surface area contributed by atoms with Gasteiger partial charge in [-0.15, -0.1) is 0 Å². The van der Waals surface area contributed by atoms with Crippen LogP contribution in [0.5, 0.6) is 0 Å². The molecule has 4 saturated carbocycles. The molecule has 2 aromatic heterocycles. The third kappa shape index (κ3) is 6.09. The van der Waals surface area contributed by atoms with E-state index in [1.165, 1.54) is 55.2 Å². The lowest BCUT2D eigenvalue weighted by Crippen LogP contribution is -2.48. The molecule has 0 atom stereocenters. The first-order valence-electron chi connectivity index (χ1n) is 21.3. The highest BCUT2D eigenvalue weighted by Gasteiger charge is 2.51. The van der Waals surface area contributed by atoms with Gasteiger partial charge in [0.15, 0.2) is 17.5 Å². The van der Waals surface area contributed by atoms with E-state index >= 15 is 0 Å². The Morgan fingerprint density at radius 3 is 1.54 bits per heavy atom. The largest absolute Gasteiger partial charge is 0.455 e. The molecule has 4 aliphatic carbocycles. The summed E-state index contributed by atoms with van der Waals surface area (Å²) >= 11 is 0. The summed E-state index contributed by atoms with van der Waals surface area (Å²) in [4.78, 5) is 16.2. The molecule has 4 nitrogen and oxygen atoms in total. The fraction of sp³-hybridized carbons (Fsp3) is 0.182. The van der Waals surface area contributed by atoms with Crippen molar-refractivity contribution in [3.63, 3.8) is 0 Å². The first kappa shape index (κ1) is 34.4. The van der Waals surface area contributed by atoms with Crippen molar-refractivity contribution in [3.8, 4) is 67.5 Å². The highest BCUT2D eigenvalue weighted by Crippen LogP contribution is 2.61. The zero-order chi connectivity index (χ0) is 38.9. The summed E-state index contributed by atoms with van der Waals surface area (Å²) in [6.07, 6.45) is 8.08. The number of nitrogens with zero attached hydrogens (tertiary/aromatic N) is 3. The number of aromatic nitrogens is 3. The molecule has 0 N–H and O–H groups in total. The molecule has 4 fully saturated rings. The van der Waals surface area contributed by atoms with Gasteiger partial charge in [-0.2, -0.15) is 0 Å². The number of benzene rings is 7. The minimum Gasteiger partial charge on any atom is -0.455 e. The van der Waals surface area contributed by atoms with Crippen LogP contribution >= 0.6 is 0 Å². The minimum atomic E-state index is 0.196. The third-order valence-corrected chi connectivity index (χ3v) is 13.6. The molecule has 0 radical (unpaired) electrons. The molecule has 2 heterocycles. The standard InChI is InChI=1S/C55H43N3O/c1-4-13-38(14-5-1)41-19-12-20-42(26-41)52-56-53(45-27-43(39-15-6-2-7-16-39)28-46(29-45)55-32-35-23-36(33-55)25-37(24-35)34-55)58-54(57-52)49-31-44(40-17-8-3-9-18-40)30-48-47-21-10-11-22-50(47)59-51(48)49/h1-22,26-31,35-37H,23-25,32-34H2. The molecular weight excluding hydrogens is 719 g/mol. The van der Waals surface area contributed by atoms with Gasteiger partial charge in [0.25, 0.3) is 0 Å². The predicted molar refractivity (Wildman–Crippen MR) is 240 cm³/mol. The van der Waals surface area contributed by atoms with Gasteiger partial charge in [-0.1, -0.05) is 133 Å². The first-order valence-corrected chi connectivity index (χ1v) is 21.3. The minimum absolute atomic E-state index is 0.196. The zero-order valence-corrected chi connectivity index (χ0v) is 32.9. The summed E-state index contributed by atoms with van der Waals surface area (Å²) in [5.41, 5.74) is 13.0. The highest BCUT2D eigenvalue weighted by atomic mass is 16.3. The Balaban J connectivity index is 1.11. The maximum atomic E-state index is 6.73. The van der Waals surface area contributed by atoms with Crippen molar-refractivity contribution >= 4 is 21.9 Å².